The van der Waals surface area contributed by atoms with Crippen molar-refractivity contribution in [3.8, 4) is 0 Å². The van der Waals surface area contributed by atoms with Gasteiger partial charge < -0.3 is 14.8 Å². The fourth-order valence-electron chi connectivity index (χ4n) is 1.63. The molecule has 0 aromatic carbocycles. The summed E-state index contributed by atoms with van der Waals surface area (Å²) in [6.45, 7) is 2.18. The first-order chi connectivity index (χ1) is 6.65. The minimum absolute atomic E-state index is 0.0557. The lowest BCUT2D eigenvalue weighted by Gasteiger charge is -2.32. The fourth-order valence-corrected chi connectivity index (χ4v) is 1.63. The van der Waals surface area contributed by atoms with E-state index in [-0.39, 0.29) is 5.69 Å². The van der Waals surface area contributed by atoms with Crippen molar-refractivity contribution in [3.63, 3.8) is 0 Å². The molecule has 76 valence electrons. The Morgan fingerprint density at radius 1 is 1.71 bits per heavy atom. The number of carboxylic acids is 1. The third-order valence-corrected chi connectivity index (χ3v) is 2.42. The Kier molecular flexibility index (Phi) is 2.15. The molecule has 0 atom stereocenters. The molecule has 1 saturated carbocycles. The summed E-state index contributed by atoms with van der Waals surface area (Å²) in [5.74, 6) is -0.329. The molecule has 1 fully saturated rings. The zero-order chi connectivity index (χ0) is 10.1. The summed E-state index contributed by atoms with van der Waals surface area (Å²) < 4.78 is 4.96. The van der Waals surface area contributed by atoms with E-state index in [0.29, 0.717) is 12.1 Å². The van der Waals surface area contributed by atoms with Crippen LogP contribution in [-0.2, 0) is 0 Å². The molecule has 1 aliphatic rings. The van der Waals surface area contributed by atoms with Crippen LogP contribution in [0, 0.1) is 5.92 Å². The Hall–Kier alpha value is -1.52. The summed E-state index contributed by atoms with van der Waals surface area (Å²) in [5, 5.41) is 11.6. The third kappa shape index (κ3) is 1.71. The van der Waals surface area contributed by atoms with Crippen LogP contribution in [0.15, 0.2) is 10.7 Å². The number of rotatable bonds is 3. The Balaban J connectivity index is 1.93. The van der Waals surface area contributed by atoms with E-state index in [0.717, 1.165) is 25.0 Å². The molecule has 0 spiro atoms. The number of carboxylic acid groups (broad SMARTS) is 1. The molecule has 1 aliphatic carbocycles. The van der Waals surface area contributed by atoms with Crippen LogP contribution in [0.4, 0.5) is 6.01 Å². The predicted octanol–water partition coefficient (Wildman–Crippen LogP) is 1.58. The van der Waals surface area contributed by atoms with E-state index in [1.54, 1.807) is 0 Å². The summed E-state index contributed by atoms with van der Waals surface area (Å²) in [7, 11) is 0. The van der Waals surface area contributed by atoms with Crippen LogP contribution in [0.25, 0.3) is 0 Å². The number of carbonyl (C=O) groups is 1. The van der Waals surface area contributed by atoms with Crippen molar-refractivity contribution in [3.05, 3.63) is 12.0 Å². The second-order valence-corrected chi connectivity index (χ2v) is 3.76. The average Bonchev–Trinajstić information content (AvgIpc) is 2.50. The molecule has 2 N–H and O–H groups in total. The average molecular weight is 196 g/mol. The molecule has 2 rings (SSSR count). The molecular weight excluding hydrogens is 184 g/mol. The van der Waals surface area contributed by atoms with Gasteiger partial charge in [0.1, 0.15) is 6.26 Å². The van der Waals surface area contributed by atoms with Crippen LogP contribution >= 0.6 is 0 Å². The number of nitrogens with zero attached hydrogens (tertiary/aromatic N) is 1. The highest BCUT2D eigenvalue weighted by Gasteiger charge is 2.26. The summed E-state index contributed by atoms with van der Waals surface area (Å²) in [4.78, 5) is 14.3. The summed E-state index contributed by atoms with van der Waals surface area (Å²) in [6, 6.07) is 0.685. The quantitative estimate of drug-likeness (QED) is 0.767. The van der Waals surface area contributed by atoms with Gasteiger partial charge in [-0.15, -0.1) is 0 Å². The van der Waals surface area contributed by atoms with E-state index < -0.39 is 5.97 Å². The van der Waals surface area contributed by atoms with Gasteiger partial charge in [0.2, 0.25) is 0 Å². The minimum atomic E-state index is -1.07. The van der Waals surface area contributed by atoms with Crippen LogP contribution in [-0.4, -0.2) is 22.1 Å². The number of hydrogen-bond donors (Lipinski definition) is 2. The largest absolute Gasteiger partial charge is 0.476 e. The number of aromatic nitrogens is 1. The van der Waals surface area contributed by atoms with Crippen molar-refractivity contribution < 1.29 is 14.3 Å². The van der Waals surface area contributed by atoms with Gasteiger partial charge in [-0.25, -0.2) is 4.79 Å². The molecule has 5 heteroatoms. The maximum Gasteiger partial charge on any atom is 0.357 e. The number of hydrogen-bond acceptors (Lipinski definition) is 4. The molecule has 1 aromatic rings. The second kappa shape index (κ2) is 3.32. The van der Waals surface area contributed by atoms with Gasteiger partial charge in [-0.1, -0.05) is 6.92 Å². The zero-order valence-corrected chi connectivity index (χ0v) is 7.86. The smallest absolute Gasteiger partial charge is 0.357 e. The molecule has 1 aromatic heterocycles. The van der Waals surface area contributed by atoms with E-state index in [2.05, 4.69) is 17.2 Å². The third-order valence-electron chi connectivity index (χ3n) is 2.42. The van der Waals surface area contributed by atoms with Gasteiger partial charge in [-0.3, -0.25) is 0 Å². The molecular formula is C9H12N2O3. The summed E-state index contributed by atoms with van der Waals surface area (Å²) in [5.41, 5.74) is -0.0557. The van der Waals surface area contributed by atoms with E-state index in [9.17, 15) is 4.79 Å². The van der Waals surface area contributed by atoms with Crippen LogP contribution in [0.5, 0.6) is 0 Å². The zero-order valence-electron chi connectivity index (χ0n) is 7.86. The molecule has 0 radical (unpaired) electrons. The molecule has 0 unspecified atom stereocenters. The molecule has 0 bridgehead atoms. The Morgan fingerprint density at radius 2 is 2.43 bits per heavy atom. The molecule has 0 amide bonds. The normalized spacial score (nSPS) is 25.5. The lowest BCUT2D eigenvalue weighted by Crippen LogP contribution is -2.33. The van der Waals surface area contributed by atoms with Gasteiger partial charge in [0, 0.05) is 6.04 Å². The Morgan fingerprint density at radius 3 is 2.93 bits per heavy atom. The first-order valence-corrected chi connectivity index (χ1v) is 4.60. The number of oxazole rings is 1. The van der Waals surface area contributed by atoms with Crippen molar-refractivity contribution in [2.75, 3.05) is 5.32 Å². The topological polar surface area (TPSA) is 75.4 Å². The second-order valence-electron chi connectivity index (χ2n) is 3.76. The van der Waals surface area contributed by atoms with Crippen molar-refractivity contribution in [1.29, 1.82) is 0 Å². The van der Waals surface area contributed by atoms with Crippen molar-refractivity contribution in [2.24, 2.45) is 5.92 Å². The van der Waals surface area contributed by atoms with Crippen molar-refractivity contribution in [1.82, 2.24) is 4.98 Å². The van der Waals surface area contributed by atoms with Crippen LogP contribution < -0.4 is 5.32 Å². The number of anilines is 1. The fraction of sp³-hybridized carbons (Fsp3) is 0.556. The maximum atomic E-state index is 10.5. The van der Waals surface area contributed by atoms with Gasteiger partial charge in [0.15, 0.2) is 5.69 Å². The summed E-state index contributed by atoms with van der Waals surface area (Å²) >= 11 is 0. The monoisotopic (exact) mass is 196 g/mol. The van der Waals surface area contributed by atoms with E-state index >= 15 is 0 Å². The molecule has 0 aliphatic heterocycles. The maximum absolute atomic E-state index is 10.5. The highest BCUT2D eigenvalue weighted by molar-refractivity contribution is 5.85. The van der Waals surface area contributed by atoms with Crippen molar-refractivity contribution in [2.45, 2.75) is 25.8 Å². The molecule has 5 nitrogen and oxygen atoms in total. The van der Waals surface area contributed by atoms with E-state index in [4.69, 9.17) is 9.52 Å². The standard InChI is InChI=1S/C9H12N2O3/c1-5-2-6(3-5)10-9-11-7(4-14-9)8(12)13/h4-6H,2-3H2,1H3,(H,10,11)(H,12,13). The lowest BCUT2D eigenvalue weighted by molar-refractivity contribution is 0.0690. The Labute approximate surface area is 81.1 Å². The van der Waals surface area contributed by atoms with Gasteiger partial charge in [-0.2, -0.15) is 4.98 Å². The van der Waals surface area contributed by atoms with Crippen LogP contribution in [0.3, 0.4) is 0 Å². The predicted molar refractivity (Wildman–Crippen MR) is 49.3 cm³/mol. The van der Waals surface area contributed by atoms with Crippen molar-refractivity contribution >= 4 is 12.0 Å². The Bertz CT molecular complexity index is 342. The molecule has 1 heterocycles. The van der Waals surface area contributed by atoms with Gasteiger partial charge in [0.25, 0.3) is 6.01 Å². The first kappa shape index (κ1) is 9.05. The number of nitrogens with one attached hydrogen (secondary N) is 1. The van der Waals surface area contributed by atoms with E-state index in [1.165, 1.54) is 0 Å². The first-order valence-electron chi connectivity index (χ1n) is 4.60. The SMILES string of the molecule is CC1CC(Nc2nc(C(=O)O)co2)C1. The molecule has 0 saturated heterocycles. The van der Waals surface area contributed by atoms with Gasteiger partial charge in [-0.05, 0) is 18.8 Å². The minimum Gasteiger partial charge on any atom is -0.476 e. The number of aromatic carboxylic acids is 1. The van der Waals surface area contributed by atoms with Gasteiger partial charge >= 0.3 is 5.97 Å². The highest BCUT2D eigenvalue weighted by atomic mass is 16.4. The molecule has 14 heavy (non-hydrogen) atoms. The van der Waals surface area contributed by atoms with Crippen LogP contribution in [0.2, 0.25) is 0 Å². The van der Waals surface area contributed by atoms with Gasteiger partial charge in [0.05, 0.1) is 0 Å². The highest BCUT2D eigenvalue weighted by Crippen LogP contribution is 2.29. The summed E-state index contributed by atoms with van der Waals surface area (Å²) in [6.07, 6.45) is 3.32. The van der Waals surface area contributed by atoms with E-state index in [1.807, 2.05) is 0 Å². The lowest BCUT2D eigenvalue weighted by atomic mass is 9.82. The van der Waals surface area contributed by atoms with Crippen LogP contribution in [0.1, 0.15) is 30.3 Å².